The van der Waals surface area contributed by atoms with E-state index in [0.29, 0.717) is 46.8 Å². The zero-order chi connectivity index (χ0) is 24.8. The molecule has 1 aromatic heterocycles. The molecule has 0 fully saturated rings. The molecular weight excluding hydrogens is 470 g/mol. The van der Waals surface area contributed by atoms with Crippen LogP contribution in [0.3, 0.4) is 0 Å². The number of ether oxygens (including phenoxy) is 4. The number of imidazole rings is 1. The number of nitrogens with zero attached hydrogens (tertiary/aromatic N) is 2. The lowest BCUT2D eigenvalue weighted by atomic mass is 10.1. The lowest BCUT2D eigenvalue weighted by Crippen LogP contribution is -2.25. The van der Waals surface area contributed by atoms with Crippen LogP contribution in [0.15, 0.2) is 60.7 Å². The zero-order valence-electron chi connectivity index (χ0n) is 19.7. The van der Waals surface area contributed by atoms with Crippen LogP contribution >= 0.6 is 11.6 Å². The van der Waals surface area contributed by atoms with E-state index >= 15 is 0 Å². The SMILES string of the molecule is COc1cc(C(=O)NCc2nc3ccccc3n2CCOc2ccc(Cl)cc2)cc(OC)c1OC. The van der Waals surface area contributed by atoms with Crippen molar-refractivity contribution in [2.75, 3.05) is 27.9 Å². The van der Waals surface area contributed by atoms with Gasteiger partial charge in [0.25, 0.3) is 5.91 Å². The van der Waals surface area contributed by atoms with Crippen LogP contribution in [-0.4, -0.2) is 43.4 Å². The number of nitrogens with one attached hydrogen (secondary N) is 1. The second-order valence-corrected chi connectivity index (χ2v) is 8.00. The Kier molecular flexibility index (Phi) is 7.62. The molecule has 4 aromatic rings. The number of halogens is 1. The number of para-hydroxylation sites is 2. The number of hydrogen-bond acceptors (Lipinski definition) is 6. The summed E-state index contributed by atoms with van der Waals surface area (Å²) in [4.78, 5) is 17.7. The van der Waals surface area contributed by atoms with Gasteiger partial charge in [-0.3, -0.25) is 4.79 Å². The Morgan fingerprint density at radius 2 is 1.66 bits per heavy atom. The minimum Gasteiger partial charge on any atom is -0.493 e. The van der Waals surface area contributed by atoms with E-state index in [2.05, 4.69) is 5.32 Å². The summed E-state index contributed by atoms with van der Waals surface area (Å²) in [7, 11) is 4.53. The van der Waals surface area contributed by atoms with Crippen molar-refractivity contribution in [3.8, 4) is 23.0 Å². The van der Waals surface area contributed by atoms with Gasteiger partial charge >= 0.3 is 0 Å². The summed E-state index contributed by atoms with van der Waals surface area (Å²) in [5, 5.41) is 3.60. The van der Waals surface area contributed by atoms with Crippen LogP contribution in [0.1, 0.15) is 16.2 Å². The van der Waals surface area contributed by atoms with Crippen LogP contribution in [0.25, 0.3) is 11.0 Å². The van der Waals surface area contributed by atoms with Gasteiger partial charge in [0.1, 0.15) is 18.2 Å². The number of fused-ring (bicyclic) bond motifs is 1. The highest BCUT2D eigenvalue weighted by Gasteiger charge is 2.18. The quantitative estimate of drug-likeness (QED) is 0.342. The molecule has 0 unspecified atom stereocenters. The van der Waals surface area contributed by atoms with Crippen molar-refractivity contribution in [2.24, 2.45) is 0 Å². The van der Waals surface area contributed by atoms with Gasteiger partial charge in [0, 0.05) is 10.6 Å². The summed E-state index contributed by atoms with van der Waals surface area (Å²) in [6.45, 7) is 1.21. The van der Waals surface area contributed by atoms with E-state index < -0.39 is 0 Å². The van der Waals surface area contributed by atoms with E-state index in [1.807, 2.05) is 41.0 Å². The number of benzene rings is 3. The Labute approximate surface area is 208 Å². The van der Waals surface area contributed by atoms with Crippen molar-refractivity contribution in [2.45, 2.75) is 13.1 Å². The molecule has 0 aliphatic heterocycles. The normalized spacial score (nSPS) is 10.7. The molecule has 8 nitrogen and oxygen atoms in total. The highest BCUT2D eigenvalue weighted by molar-refractivity contribution is 6.30. The van der Waals surface area contributed by atoms with Gasteiger partial charge in [0.2, 0.25) is 5.75 Å². The molecule has 3 aromatic carbocycles. The summed E-state index contributed by atoms with van der Waals surface area (Å²) >= 11 is 5.94. The van der Waals surface area contributed by atoms with Gasteiger partial charge in [0.15, 0.2) is 11.5 Å². The monoisotopic (exact) mass is 495 g/mol. The van der Waals surface area contributed by atoms with Gasteiger partial charge in [-0.1, -0.05) is 23.7 Å². The molecule has 1 amide bonds. The van der Waals surface area contributed by atoms with Gasteiger partial charge in [0.05, 0.1) is 45.5 Å². The van der Waals surface area contributed by atoms with Crippen LogP contribution in [0.2, 0.25) is 5.02 Å². The van der Waals surface area contributed by atoms with E-state index in [1.165, 1.54) is 21.3 Å². The Balaban J connectivity index is 1.51. The number of hydrogen-bond donors (Lipinski definition) is 1. The molecule has 0 radical (unpaired) electrons. The predicted octanol–water partition coefficient (Wildman–Crippen LogP) is 4.72. The maximum Gasteiger partial charge on any atom is 0.251 e. The molecule has 0 aliphatic rings. The molecule has 0 bridgehead atoms. The maximum atomic E-state index is 13.0. The van der Waals surface area contributed by atoms with Crippen molar-refractivity contribution in [1.29, 1.82) is 0 Å². The summed E-state index contributed by atoms with van der Waals surface area (Å²) in [6, 6.07) is 18.3. The minimum atomic E-state index is -0.291. The number of methoxy groups -OCH3 is 3. The van der Waals surface area contributed by atoms with Crippen LogP contribution in [0.4, 0.5) is 0 Å². The molecule has 9 heteroatoms. The fourth-order valence-electron chi connectivity index (χ4n) is 3.77. The minimum absolute atomic E-state index is 0.227. The standard InChI is InChI=1S/C26H26ClN3O5/c1-32-22-14-17(15-23(33-2)25(22)34-3)26(31)28-16-24-29-20-6-4-5-7-21(20)30(24)12-13-35-19-10-8-18(27)9-11-19/h4-11,14-15H,12-13,16H2,1-3H3,(H,28,31). The molecule has 182 valence electrons. The highest BCUT2D eigenvalue weighted by Crippen LogP contribution is 2.38. The van der Waals surface area contributed by atoms with Crippen LogP contribution < -0.4 is 24.3 Å². The number of carbonyl (C=O) groups excluding carboxylic acids is 1. The fraction of sp³-hybridized carbons (Fsp3) is 0.231. The van der Waals surface area contributed by atoms with Crippen molar-refractivity contribution in [3.05, 3.63) is 77.1 Å². The van der Waals surface area contributed by atoms with Crippen molar-refractivity contribution in [1.82, 2.24) is 14.9 Å². The summed E-state index contributed by atoms with van der Waals surface area (Å²) in [5.41, 5.74) is 2.19. The average molecular weight is 496 g/mol. The van der Waals surface area contributed by atoms with Crippen molar-refractivity contribution < 1.29 is 23.7 Å². The van der Waals surface area contributed by atoms with E-state index in [4.69, 9.17) is 35.5 Å². The summed E-state index contributed by atoms with van der Waals surface area (Å²) < 4.78 is 24.0. The molecule has 0 atom stereocenters. The van der Waals surface area contributed by atoms with Gasteiger partial charge < -0.3 is 28.8 Å². The molecule has 1 heterocycles. The number of rotatable bonds is 10. The number of amides is 1. The maximum absolute atomic E-state index is 13.0. The lowest BCUT2D eigenvalue weighted by molar-refractivity contribution is 0.0948. The molecule has 0 aliphatic carbocycles. The molecule has 0 saturated heterocycles. The zero-order valence-corrected chi connectivity index (χ0v) is 20.5. The third kappa shape index (κ3) is 5.44. The first kappa shape index (κ1) is 24.2. The molecule has 1 N–H and O–H groups in total. The average Bonchev–Trinajstić information content (AvgIpc) is 3.24. The third-order valence-corrected chi connectivity index (χ3v) is 5.72. The molecule has 4 rings (SSSR count). The Bertz CT molecular complexity index is 1300. The fourth-order valence-corrected chi connectivity index (χ4v) is 3.90. The van der Waals surface area contributed by atoms with E-state index in [1.54, 1.807) is 24.3 Å². The first-order valence-electron chi connectivity index (χ1n) is 10.9. The van der Waals surface area contributed by atoms with E-state index in [-0.39, 0.29) is 12.5 Å². The van der Waals surface area contributed by atoms with Crippen LogP contribution in [0, 0.1) is 0 Å². The third-order valence-electron chi connectivity index (χ3n) is 5.46. The number of aromatic nitrogens is 2. The largest absolute Gasteiger partial charge is 0.493 e. The summed E-state index contributed by atoms with van der Waals surface area (Å²) in [5.74, 6) is 2.39. The lowest BCUT2D eigenvalue weighted by Gasteiger charge is -2.14. The first-order valence-corrected chi connectivity index (χ1v) is 11.3. The van der Waals surface area contributed by atoms with Gasteiger partial charge in [-0.2, -0.15) is 0 Å². The van der Waals surface area contributed by atoms with Gasteiger partial charge in [-0.15, -0.1) is 0 Å². The molecule has 0 spiro atoms. The molecule has 35 heavy (non-hydrogen) atoms. The summed E-state index contributed by atoms with van der Waals surface area (Å²) in [6.07, 6.45) is 0. The Hall–Kier alpha value is -3.91. The Morgan fingerprint density at radius 1 is 0.971 bits per heavy atom. The van der Waals surface area contributed by atoms with Crippen LogP contribution in [0.5, 0.6) is 23.0 Å². The van der Waals surface area contributed by atoms with Gasteiger partial charge in [-0.25, -0.2) is 4.98 Å². The highest BCUT2D eigenvalue weighted by atomic mass is 35.5. The topological polar surface area (TPSA) is 83.8 Å². The van der Waals surface area contributed by atoms with Crippen molar-refractivity contribution >= 4 is 28.5 Å². The number of carbonyl (C=O) groups is 1. The smallest absolute Gasteiger partial charge is 0.251 e. The van der Waals surface area contributed by atoms with Crippen molar-refractivity contribution in [3.63, 3.8) is 0 Å². The second-order valence-electron chi connectivity index (χ2n) is 7.57. The van der Waals surface area contributed by atoms with Gasteiger partial charge in [-0.05, 0) is 48.5 Å². The second kappa shape index (κ2) is 11.0. The van der Waals surface area contributed by atoms with E-state index in [0.717, 1.165) is 16.8 Å². The predicted molar refractivity (Wildman–Crippen MR) is 134 cm³/mol. The molecule has 0 saturated carbocycles. The Morgan fingerprint density at radius 3 is 2.31 bits per heavy atom. The van der Waals surface area contributed by atoms with Crippen LogP contribution in [-0.2, 0) is 13.1 Å². The first-order chi connectivity index (χ1) is 17.0. The van der Waals surface area contributed by atoms with E-state index in [9.17, 15) is 4.79 Å². The molecular formula is C26H26ClN3O5.